The lowest BCUT2D eigenvalue weighted by atomic mass is 10.1. The van der Waals surface area contributed by atoms with Crippen molar-refractivity contribution in [3.63, 3.8) is 0 Å². The number of anilines is 2. The number of phenols is 1. The van der Waals surface area contributed by atoms with Crippen molar-refractivity contribution in [2.45, 2.75) is 32.6 Å². The van der Waals surface area contributed by atoms with Crippen molar-refractivity contribution in [3.05, 3.63) is 17.7 Å². The molecule has 3 heteroatoms. The second-order valence-electron chi connectivity index (χ2n) is 3.58. The number of rotatable bonds is 4. The van der Waals surface area contributed by atoms with Gasteiger partial charge in [0.1, 0.15) is 0 Å². The summed E-state index contributed by atoms with van der Waals surface area (Å²) in [6.07, 6.45) is 4.52. The van der Waals surface area contributed by atoms with Gasteiger partial charge in [0.15, 0.2) is 5.75 Å². The van der Waals surface area contributed by atoms with E-state index in [0.717, 1.165) is 18.4 Å². The van der Waals surface area contributed by atoms with Crippen LogP contribution in [0.25, 0.3) is 0 Å². The maximum absolute atomic E-state index is 9.35. The molecule has 0 saturated heterocycles. The highest BCUT2D eigenvalue weighted by atomic mass is 16.3. The molecule has 0 aromatic heterocycles. The van der Waals surface area contributed by atoms with Crippen LogP contribution in [0.3, 0.4) is 0 Å². The summed E-state index contributed by atoms with van der Waals surface area (Å²) in [6, 6.07) is 3.59. The predicted octanol–water partition coefficient (Wildman–Crippen LogP) is 2.29. The summed E-state index contributed by atoms with van der Waals surface area (Å²) < 4.78 is 0. The van der Waals surface area contributed by atoms with Crippen LogP contribution >= 0.6 is 0 Å². The first-order valence-corrected chi connectivity index (χ1v) is 5.02. The number of aryl methyl sites for hydroxylation is 1. The van der Waals surface area contributed by atoms with E-state index >= 15 is 0 Å². The van der Waals surface area contributed by atoms with Gasteiger partial charge >= 0.3 is 0 Å². The fourth-order valence-corrected chi connectivity index (χ4v) is 1.47. The lowest BCUT2D eigenvalue weighted by Crippen LogP contribution is -1.95. The molecule has 0 spiro atoms. The van der Waals surface area contributed by atoms with Crippen molar-refractivity contribution < 1.29 is 5.11 Å². The number of aromatic hydroxyl groups is 1. The molecule has 0 saturated carbocycles. The van der Waals surface area contributed by atoms with Crippen molar-refractivity contribution in [1.82, 2.24) is 0 Å². The summed E-state index contributed by atoms with van der Waals surface area (Å²) in [5, 5.41) is 9.35. The smallest absolute Gasteiger partial charge is 0.161 e. The molecule has 0 fully saturated rings. The summed E-state index contributed by atoms with van der Waals surface area (Å²) >= 11 is 0. The van der Waals surface area contributed by atoms with Crippen molar-refractivity contribution in [2.75, 3.05) is 11.5 Å². The van der Waals surface area contributed by atoms with Crippen molar-refractivity contribution in [1.29, 1.82) is 0 Å². The predicted molar refractivity (Wildman–Crippen MR) is 60.2 cm³/mol. The molecule has 1 aromatic carbocycles. The van der Waals surface area contributed by atoms with E-state index in [1.165, 1.54) is 12.8 Å². The van der Waals surface area contributed by atoms with Crippen LogP contribution < -0.4 is 11.5 Å². The van der Waals surface area contributed by atoms with E-state index in [2.05, 4.69) is 6.92 Å². The molecule has 0 aliphatic carbocycles. The van der Waals surface area contributed by atoms with Gasteiger partial charge in [0.2, 0.25) is 0 Å². The minimum Gasteiger partial charge on any atom is -0.504 e. The first kappa shape index (κ1) is 10.7. The summed E-state index contributed by atoms with van der Waals surface area (Å²) in [6.45, 7) is 2.17. The van der Waals surface area contributed by atoms with E-state index in [1.807, 2.05) is 0 Å². The molecule has 78 valence electrons. The Morgan fingerprint density at radius 1 is 1.14 bits per heavy atom. The zero-order valence-corrected chi connectivity index (χ0v) is 8.59. The lowest BCUT2D eigenvalue weighted by Gasteiger charge is -2.06. The van der Waals surface area contributed by atoms with Gasteiger partial charge in [0.05, 0.1) is 11.4 Å². The number of benzene rings is 1. The maximum Gasteiger partial charge on any atom is 0.161 e. The molecule has 0 aliphatic rings. The minimum atomic E-state index is 0.00393. The number of nitrogen functional groups attached to an aromatic ring is 2. The van der Waals surface area contributed by atoms with Crippen LogP contribution in [0.2, 0.25) is 0 Å². The Balaban J connectivity index is 2.69. The van der Waals surface area contributed by atoms with Crippen molar-refractivity contribution in [2.24, 2.45) is 0 Å². The van der Waals surface area contributed by atoms with Crippen LogP contribution in [-0.2, 0) is 6.42 Å². The third kappa shape index (κ3) is 2.55. The van der Waals surface area contributed by atoms with E-state index in [4.69, 9.17) is 11.5 Å². The standard InChI is InChI=1S/C11H18N2O/c1-2-3-4-5-8-6-9(12)11(14)10(13)7-8/h6-7,14H,2-5,12-13H2,1H3. The zero-order chi connectivity index (χ0) is 10.6. The highest BCUT2D eigenvalue weighted by Crippen LogP contribution is 2.29. The van der Waals surface area contributed by atoms with Gasteiger partial charge < -0.3 is 16.6 Å². The number of nitrogens with two attached hydrogens (primary N) is 2. The highest BCUT2D eigenvalue weighted by Gasteiger charge is 2.04. The average Bonchev–Trinajstić information content (AvgIpc) is 2.14. The quantitative estimate of drug-likeness (QED) is 0.391. The normalized spacial score (nSPS) is 10.4. The average molecular weight is 194 g/mol. The zero-order valence-electron chi connectivity index (χ0n) is 8.59. The van der Waals surface area contributed by atoms with Gasteiger partial charge in [-0.05, 0) is 30.5 Å². The van der Waals surface area contributed by atoms with E-state index in [0.29, 0.717) is 11.4 Å². The second-order valence-corrected chi connectivity index (χ2v) is 3.58. The van der Waals surface area contributed by atoms with Crippen LogP contribution in [0.1, 0.15) is 31.7 Å². The van der Waals surface area contributed by atoms with E-state index in [9.17, 15) is 5.11 Å². The van der Waals surface area contributed by atoms with Crippen LogP contribution in [0.15, 0.2) is 12.1 Å². The van der Waals surface area contributed by atoms with Crippen LogP contribution in [0.5, 0.6) is 5.75 Å². The van der Waals surface area contributed by atoms with Crippen molar-refractivity contribution >= 4 is 11.4 Å². The topological polar surface area (TPSA) is 72.3 Å². The molecule has 0 atom stereocenters. The third-order valence-electron chi connectivity index (χ3n) is 2.30. The van der Waals surface area contributed by atoms with Gasteiger partial charge in [-0.25, -0.2) is 0 Å². The monoisotopic (exact) mass is 194 g/mol. The fourth-order valence-electron chi connectivity index (χ4n) is 1.47. The first-order chi connectivity index (χ1) is 6.65. The van der Waals surface area contributed by atoms with Gasteiger partial charge in [-0.3, -0.25) is 0 Å². The van der Waals surface area contributed by atoms with Crippen LogP contribution in [0.4, 0.5) is 11.4 Å². The Labute approximate surface area is 84.7 Å². The lowest BCUT2D eigenvalue weighted by molar-refractivity contribution is 0.480. The second kappa shape index (κ2) is 4.74. The molecule has 0 amide bonds. The largest absolute Gasteiger partial charge is 0.504 e. The SMILES string of the molecule is CCCCCc1cc(N)c(O)c(N)c1. The van der Waals surface area contributed by atoms with Gasteiger partial charge in [-0.2, -0.15) is 0 Å². The molecule has 0 aliphatic heterocycles. The number of hydrogen-bond donors (Lipinski definition) is 3. The molecule has 5 N–H and O–H groups in total. The fraction of sp³-hybridized carbons (Fsp3) is 0.455. The summed E-state index contributed by atoms with van der Waals surface area (Å²) in [7, 11) is 0. The van der Waals surface area contributed by atoms with Gasteiger partial charge in [-0.15, -0.1) is 0 Å². The first-order valence-electron chi connectivity index (χ1n) is 5.02. The molecule has 0 radical (unpaired) electrons. The van der Waals surface area contributed by atoms with Gasteiger partial charge in [0.25, 0.3) is 0 Å². The Kier molecular flexibility index (Phi) is 3.63. The maximum atomic E-state index is 9.35. The summed E-state index contributed by atoms with van der Waals surface area (Å²) in [4.78, 5) is 0. The van der Waals surface area contributed by atoms with Gasteiger partial charge in [0, 0.05) is 0 Å². The highest BCUT2D eigenvalue weighted by molar-refractivity contribution is 5.67. The Morgan fingerprint density at radius 2 is 1.71 bits per heavy atom. The molecular formula is C11H18N2O. The van der Waals surface area contributed by atoms with E-state index < -0.39 is 0 Å². The molecule has 14 heavy (non-hydrogen) atoms. The third-order valence-corrected chi connectivity index (χ3v) is 2.30. The Bertz CT molecular complexity index is 287. The summed E-state index contributed by atoms with van der Waals surface area (Å²) in [5.41, 5.74) is 13.0. The molecule has 1 rings (SSSR count). The van der Waals surface area contributed by atoms with Crippen molar-refractivity contribution in [3.8, 4) is 5.75 Å². The summed E-state index contributed by atoms with van der Waals surface area (Å²) in [5.74, 6) is 0.00393. The van der Waals surface area contributed by atoms with Gasteiger partial charge in [-0.1, -0.05) is 19.8 Å². The van der Waals surface area contributed by atoms with E-state index in [-0.39, 0.29) is 5.75 Å². The number of unbranched alkanes of at least 4 members (excludes halogenated alkanes) is 2. The molecular weight excluding hydrogens is 176 g/mol. The van der Waals surface area contributed by atoms with Crippen LogP contribution in [-0.4, -0.2) is 5.11 Å². The van der Waals surface area contributed by atoms with Crippen LogP contribution in [0, 0.1) is 0 Å². The van der Waals surface area contributed by atoms with E-state index in [1.54, 1.807) is 12.1 Å². The molecule has 0 bridgehead atoms. The molecule has 0 unspecified atom stereocenters. The number of phenolic OH excluding ortho intramolecular Hbond substituents is 1. The minimum absolute atomic E-state index is 0.00393. The number of hydrogen-bond acceptors (Lipinski definition) is 3. The molecule has 3 nitrogen and oxygen atoms in total. The molecule has 0 heterocycles. The Hall–Kier alpha value is -1.38. The molecule has 1 aromatic rings. The Morgan fingerprint density at radius 3 is 2.21 bits per heavy atom.